The smallest absolute Gasteiger partial charge is 0.224 e. The summed E-state index contributed by atoms with van der Waals surface area (Å²) in [4.78, 5) is 0.904. The summed E-state index contributed by atoms with van der Waals surface area (Å²) in [6.45, 7) is 1.53. The van der Waals surface area contributed by atoms with Crippen LogP contribution in [0.2, 0.25) is 0 Å². The van der Waals surface area contributed by atoms with Crippen LogP contribution in [0.15, 0.2) is 29.6 Å². The Hall–Kier alpha value is -0.376. The Morgan fingerprint density at radius 2 is 1.81 bits per heavy atom. The fraction of sp³-hybridized carbons (Fsp3) is 0.444. The molecule has 2 heterocycles. The molecule has 4 N–H and O–H groups in total. The van der Waals surface area contributed by atoms with Crippen LogP contribution in [0.3, 0.4) is 0 Å². The number of thiophene rings is 1. The van der Waals surface area contributed by atoms with Crippen molar-refractivity contribution in [3.8, 4) is 5.75 Å². The van der Waals surface area contributed by atoms with Gasteiger partial charge in [-0.3, -0.25) is 11.3 Å². The Morgan fingerprint density at radius 3 is 2.46 bits per heavy atom. The van der Waals surface area contributed by atoms with E-state index in [4.69, 9.17) is 9.47 Å². The molecule has 0 bridgehead atoms. The molecule has 0 amide bonds. The minimum absolute atomic E-state index is 0. The van der Waals surface area contributed by atoms with Crippen LogP contribution >= 0.6 is 11.3 Å². The quantitative estimate of drug-likeness (QED) is 0.495. The van der Waals surface area contributed by atoms with Gasteiger partial charge in [0.25, 0.3) is 0 Å². The van der Waals surface area contributed by atoms with Crippen molar-refractivity contribution in [2.75, 3.05) is 6.61 Å². The number of hydrogen-bond acceptors (Lipinski definition) is 7. The summed E-state index contributed by atoms with van der Waals surface area (Å²) in [5.74, 6) is 0.426. The molecule has 3 rings (SSSR count). The fourth-order valence-electron chi connectivity index (χ4n) is 2.68. The molecule has 26 heavy (non-hydrogen) atoms. The molecule has 1 aliphatic heterocycles. The minimum Gasteiger partial charge on any atom is -0.499 e. The van der Waals surface area contributed by atoms with E-state index in [2.05, 4.69) is 6.07 Å². The van der Waals surface area contributed by atoms with Crippen molar-refractivity contribution in [3.63, 3.8) is 0 Å². The van der Waals surface area contributed by atoms with Crippen molar-refractivity contribution < 1.29 is 62.6 Å². The Balaban J connectivity index is 0.00000243. The van der Waals surface area contributed by atoms with Gasteiger partial charge < -0.3 is 29.9 Å². The molecule has 1 aromatic carbocycles. The molecule has 5 atom stereocenters. The van der Waals surface area contributed by atoms with Crippen LogP contribution in [0.4, 0.5) is 0 Å². The van der Waals surface area contributed by atoms with Crippen molar-refractivity contribution in [2.45, 2.75) is 44.1 Å². The van der Waals surface area contributed by atoms with Crippen LogP contribution in [0.1, 0.15) is 16.0 Å². The monoisotopic (exact) mass is 454 g/mol. The van der Waals surface area contributed by atoms with Gasteiger partial charge in [-0.05, 0) is 12.7 Å². The van der Waals surface area contributed by atoms with Crippen LogP contribution in [0, 0.1) is 13.0 Å². The van der Waals surface area contributed by atoms with Crippen LogP contribution < -0.4 is 4.74 Å². The maximum Gasteiger partial charge on any atom is 0.224 e. The molecule has 6 nitrogen and oxygen atoms in total. The Kier molecular flexibility index (Phi) is 8.18. The zero-order valence-corrected chi connectivity index (χ0v) is 17.9. The molecule has 1 saturated heterocycles. The summed E-state index contributed by atoms with van der Waals surface area (Å²) in [7, 11) is 0. The van der Waals surface area contributed by atoms with Gasteiger partial charge in [0.1, 0.15) is 24.4 Å². The van der Waals surface area contributed by atoms with E-state index in [9.17, 15) is 20.4 Å². The molecule has 0 spiro atoms. The van der Waals surface area contributed by atoms with Crippen LogP contribution in [0.25, 0.3) is 0 Å². The van der Waals surface area contributed by atoms with E-state index in [0.29, 0.717) is 12.2 Å². The first-order valence-electron chi connectivity index (χ1n) is 8.00. The van der Waals surface area contributed by atoms with E-state index in [1.165, 1.54) is 16.9 Å². The van der Waals surface area contributed by atoms with E-state index in [1.54, 1.807) is 5.38 Å². The second-order valence-corrected chi connectivity index (χ2v) is 7.07. The fourth-order valence-corrected chi connectivity index (χ4v) is 3.45. The van der Waals surface area contributed by atoms with Gasteiger partial charge in [-0.15, -0.1) is 5.38 Å². The van der Waals surface area contributed by atoms with Gasteiger partial charge in [0.15, 0.2) is 0 Å². The Labute approximate surface area is 181 Å². The average molecular weight is 454 g/mol. The van der Waals surface area contributed by atoms with Crippen LogP contribution in [-0.2, 0) is 43.9 Å². The topological polar surface area (TPSA) is 99.4 Å². The first-order chi connectivity index (χ1) is 12.0. The van der Waals surface area contributed by atoms with Gasteiger partial charge in [0.05, 0.1) is 6.61 Å². The van der Waals surface area contributed by atoms with E-state index >= 15 is 0 Å². The van der Waals surface area contributed by atoms with Crippen molar-refractivity contribution in [1.29, 1.82) is 0 Å². The molecular formula is C18H21O6SY-. The third kappa shape index (κ3) is 4.91. The minimum atomic E-state index is -1.46. The molecule has 1 aliphatic rings. The summed E-state index contributed by atoms with van der Waals surface area (Å²) < 4.78 is 11.1. The van der Waals surface area contributed by atoms with Crippen molar-refractivity contribution >= 4 is 11.3 Å². The average Bonchev–Trinajstić information content (AvgIpc) is 3.04. The van der Waals surface area contributed by atoms with E-state index in [-0.39, 0.29) is 32.7 Å². The third-order valence-electron chi connectivity index (χ3n) is 4.21. The molecule has 1 radical (unpaired) electrons. The molecule has 2 aromatic rings. The zero-order valence-electron chi connectivity index (χ0n) is 14.3. The van der Waals surface area contributed by atoms with Crippen molar-refractivity contribution in [1.82, 2.24) is 0 Å². The second kappa shape index (κ2) is 9.71. The van der Waals surface area contributed by atoms with Gasteiger partial charge in [0.2, 0.25) is 6.29 Å². The normalized spacial score (nSPS) is 28.4. The van der Waals surface area contributed by atoms with E-state index in [1.807, 2.05) is 31.2 Å². The number of aliphatic hydroxyl groups excluding tert-OH is 4. The SMILES string of the molecule is Cc1ccc(Cc2sc[c-]c2OC2OC(CO)C(O)C(O)C2O)cc1.[Y]. The number of aryl methyl sites for hydroxylation is 1. The standard InChI is InChI=1S/C18H21O6S.Y/c1-10-2-4-11(5-3-10)8-14-12(6-7-25-14)23-18-17(22)16(21)15(20)13(9-19)24-18;/h2-5,7,13,15-22H,8-9H2,1H3;/q-1;. The molecule has 1 aromatic heterocycles. The van der Waals surface area contributed by atoms with Crippen molar-refractivity contribution in [3.05, 3.63) is 51.7 Å². The summed E-state index contributed by atoms with van der Waals surface area (Å²) >= 11 is 1.47. The first kappa shape index (κ1) is 21.9. The van der Waals surface area contributed by atoms with Gasteiger partial charge in [-0.25, -0.2) is 0 Å². The maximum absolute atomic E-state index is 10.1. The van der Waals surface area contributed by atoms with Gasteiger partial charge in [-0.2, -0.15) is 6.07 Å². The van der Waals surface area contributed by atoms with E-state index < -0.39 is 37.3 Å². The second-order valence-electron chi connectivity index (χ2n) is 6.11. The number of aliphatic hydroxyl groups is 4. The molecular weight excluding hydrogens is 433 g/mol. The Bertz CT molecular complexity index is 689. The van der Waals surface area contributed by atoms with Crippen molar-refractivity contribution in [2.24, 2.45) is 0 Å². The zero-order chi connectivity index (χ0) is 18.0. The number of benzene rings is 1. The predicted molar refractivity (Wildman–Crippen MR) is 91.5 cm³/mol. The number of hydrogen-bond donors (Lipinski definition) is 4. The molecule has 8 heteroatoms. The summed E-state index contributed by atoms with van der Waals surface area (Å²) in [6.07, 6.45) is -5.85. The number of ether oxygens (including phenoxy) is 2. The molecule has 139 valence electrons. The molecule has 0 aliphatic carbocycles. The summed E-state index contributed by atoms with van der Waals surface area (Å²) in [6, 6.07) is 11.1. The predicted octanol–water partition coefficient (Wildman–Crippen LogP) is 0.624. The van der Waals surface area contributed by atoms with Gasteiger partial charge in [0, 0.05) is 32.7 Å². The van der Waals surface area contributed by atoms with Gasteiger partial charge in [-0.1, -0.05) is 46.7 Å². The van der Waals surface area contributed by atoms with Crippen LogP contribution in [0.5, 0.6) is 5.75 Å². The molecule has 1 fully saturated rings. The third-order valence-corrected chi connectivity index (χ3v) is 5.06. The Morgan fingerprint density at radius 1 is 1.12 bits per heavy atom. The largest absolute Gasteiger partial charge is 0.499 e. The molecule has 5 unspecified atom stereocenters. The first-order valence-corrected chi connectivity index (χ1v) is 8.88. The summed E-state index contributed by atoms with van der Waals surface area (Å²) in [5.41, 5.74) is 2.29. The van der Waals surface area contributed by atoms with Gasteiger partial charge >= 0.3 is 0 Å². The maximum atomic E-state index is 10.1. The van der Waals surface area contributed by atoms with Crippen LogP contribution in [-0.4, -0.2) is 57.7 Å². The summed E-state index contributed by atoms with van der Waals surface area (Å²) in [5, 5.41) is 40.7. The van der Waals surface area contributed by atoms with E-state index in [0.717, 1.165) is 10.4 Å². The molecule has 0 saturated carbocycles. The number of rotatable bonds is 5.